The molecule has 3 aromatic carbocycles. The van der Waals surface area contributed by atoms with Gasteiger partial charge >= 0.3 is 6.18 Å². The standard InChI is InChI=1S/C32H35F4N3O4S/c1-44(42,43)39(27-17-10-14-25(20-27)32(34,35)36)22-30(40)38(21-24-13-8-9-18-28(24)33)29(19-23-11-4-2-5-12-23)31(41)37-26-15-6-3-7-16-26/h2,4-5,8-14,17-18,20,26,29H,3,6-7,15-16,19,21-22H2,1H3,(H,37,41)/t29-/m0/s1. The van der Waals surface area contributed by atoms with E-state index in [1.54, 1.807) is 36.4 Å². The molecule has 1 atom stereocenters. The highest BCUT2D eigenvalue weighted by molar-refractivity contribution is 7.92. The van der Waals surface area contributed by atoms with Crippen LogP contribution >= 0.6 is 0 Å². The van der Waals surface area contributed by atoms with Crippen LogP contribution in [-0.4, -0.2) is 50.0 Å². The van der Waals surface area contributed by atoms with Crippen molar-refractivity contribution in [2.75, 3.05) is 17.1 Å². The third-order valence-corrected chi connectivity index (χ3v) is 8.80. The molecular weight excluding hydrogens is 598 g/mol. The molecule has 0 unspecified atom stereocenters. The van der Waals surface area contributed by atoms with E-state index in [2.05, 4.69) is 5.32 Å². The fraction of sp³-hybridized carbons (Fsp3) is 0.375. The first kappa shape index (κ1) is 33.0. The Kier molecular flexibility index (Phi) is 10.7. The van der Waals surface area contributed by atoms with Crippen molar-refractivity contribution < 1.29 is 35.6 Å². The molecule has 0 bridgehead atoms. The van der Waals surface area contributed by atoms with Crippen LogP contribution in [0, 0.1) is 5.82 Å². The molecule has 1 N–H and O–H groups in total. The van der Waals surface area contributed by atoms with Crippen molar-refractivity contribution in [2.45, 2.75) is 63.3 Å². The minimum Gasteiger partial charge on any atom is -0.352 e. The van der Waals surface area contributed by atoms with E-state index in [-0.39, 0.29) is 30.3 Å². The first-order chi connectivity index (χ1) is 20.8. The van der Waals surface area contributed by atoms with Gasteiger partial charge in [0.25, 0.3) is 0 Å². The average molecular weight is 634 g/mol. The third-order valence-electron chi connectivity index (χ3n) is 7.66. The number of rotatable bonds is 11. The second-order valence-electron chi connectivity index (χ2n) is 11.0. The molecule has 12 heteroatoms. The Balaban J connectivity index is 1.75. The van der Waals surface area contributed by atoms with Gasteiger partial charge in [-0.15, -0.1) is 0 Å². The first-order valence-electron chi connectivity index (χ1n) is 14.3. The highest BCUT2D eigenvalue weighted by Crippen LogP contribution is 2.32. The summed E-state index contributed by atoms with van der Waals surface area (Å²) >= 11 is 0. The number of sulfonamides is 1. The molecule has 1 aliphatic carbocycles. The lowest BCUT2D eigenvalue weighted by Gasteiger charge is -2.35. The van der Waals surface area contributed by atoms with Crippen LogP contribution in [0.25, 0.3) is 0 Å². The van der Waals surface area contributed by atoms with Gasteiger partial charge < -0.3 is 10.2 Å². The maximum absolute atomic E-state index is 14.9. The predicted octanol–water partition coefficient (Wildman–Crippen LogP) is 5.70. The third kappa shape index (κ3) is 8.81. The van der Waals surface area contributed by atoms with E-state index in [0.29, 0.717) is 15.9 Å². The van der Waals surface area contributed by atoms with Crippen LogP contribution in [0.3, 0.4) is 0 Å². The maximum atomic E-state index is 14.9. The Bertz CT molecular complexity index is 1540. The summed E-state index contributed by atoms with van der Waals surface area (Å²) in [6, 6.07) is 16.9. The molecule has 0 heterocycles. The van der Waals surface area contributed by atoms with Crippen LogP contribution in [-0.2, 0) is 38.8 Å². The molecule has 236 valence electrons. The molecule has 7 nitrogen and oxygen atoms in total. The maximum Gasteiger partial charge on any atom is 0.416 e. The van der Waals surface area contributed by atoms with Crippen molar-refractivity contribution in [1.82, 2.24) is 10.2 Å². The molecule has 1 fully saturated rings. The number of benzene rings is 3. The predicted molar refractivity (Wildman–Crippen MR) is 160 cm³/mol. The van der Waals surface area contributed by atoms with E-state index in [9.17, 15) is 35.6 Å². The van der Waals surface area contributed by atoms with Crippen LogP contribution in [0.4, 0.5) is 23.2 Å². The molecule has 1 saturated carbocycles. The van der Waals surface area contributed by atoms with Crippen LogP contribution in [0.1, 0.15) is 48.8 Å². The number of hydrogen-bond acceptors (Lipinski definition) is 4. The summed E-state index contributed by atoms with van der Waals surface area (Å²) in [6.45, 7) is -1.28. The smallest absolute Gasteiger partial charge is 0.352 e. The monoisotopic (exact) mass is 633 g/mol. The number of anilines is 1. The van der Waals surface area contributed by atoms with Crippen molar-refractivity contribution in [1.29, 1.82) is 0 Å². The first-order valence-corrected chi connectivity index (χ1v) is 16.2. The van der Waals surface area contributed by atoms with E-state index in [1.807, 2.05) is 0 Å². The molecule has 0 saturated heterocycles. The zero-order valence-electron chi connectivity index (χ0n) is 24.3. The van der Waals surface area contributed by atoms with E-state index < -0.39 is 52.0 Å². The van der Waals surface area contributed by atoms with Crippen LogP contribution in [0.5, 0.6) is 0 Å². The molecular formula is C32H35F4N3O4S. The van der Waals surface area contributed by atoms with Gasteiger partial charge in [0.05, 0.1) is 17.5 Å². The van der Waals surface area contributed by atoms with E-state index in [1.165, 1.54) is 18.2 Å². The summed E-state index contributed by atoms with van der Waals surface area (Å²) in [7, 11) is -4.27. The van der Waals surface area contributed by atoms with Gasteiger partial charge in [-0.05, 0) is 42.7 Å². The molecule has 0 radical (unpaired) electrons. The number of amides is 2. The summed E-state index contributed by atoms with van der Waals surface area (Å²) in [5.41, 5.74) is -0.657. The number of halogens is 4. The lowest BCUT2D eigenvalue weighted by Crippen LogP contribution is -2.55. The summed E-state index contributed by atoms with van der Waals surface area (Å²) in [5.74, 6) is -1.99. The van der Waals surface area contributed by atoms with E-state index in [0.717, 1.165) is 61.5 Å². The Morgan fingerprint density at radius 2 is 1.59 bits per heavy atom. The molecule has 1 aliphatic rings. The molecule has 0 aliphatic heterocycles. The summed E-state index contributed by atoms with van der Waals surface area (Å²) in [6.07, 6.45) is 0.525. The highest BCUT2D eigenvalue weighted by atomic mass is 32.2. The van der Waals surface area contributed by atoms with E-state index >= 15 is 0 Å². The summed E-state index contributed by atoms with van der Waals surface area (Å²) in [4.78, 5) is 29.1. The van der Waals surface area contributed by atoms with Crippen LogP contribution in [0.15, 0.2) is 78.9 Å². The Hall–Kier alpha value is -3.93. The molecule has 2 amide bonds. The SMILES string of the molecule is CS(=O)(=O)N(CC(=O)N(Cc1ccccc1F)[C@@H](Cc1ccccc1)C(=O)NC1CCCCC1)c1cccc(C(F)(F)F)c1. The zero-order chi connectivity index (χ0) is 31.9. The summed E-state index contributed by atoms with van der Waals surface area (Å²) < 4.78 is 81.6. The lowest BCUT2D eigenvalue weighted by atomic mass is 9.94. The minimum atomic E-state index is -4.75. The molecule has 4 rings (SSSR count). The van der Waals surface area contributed by atoms with Crippen molar-refractivity contribution in [2.24, 2.45) is 0 Å². The quantitative estimate of drug-likeness (QED) is 0.275. The van der Waals surface area contributed by atoms with Gasteiger partial charge in [-0.1, -0.05) is 73.9 Å². The molecule has 0 spiro atoms. The van der Waals surface area contributed by atoms with Gasteiger partial charge in [-0.2, -0.15) is 13.2 Å². The van der Waals surface area contributed by atoms with Gasteiger partial charge in [0.2, 0.25) is 21.8 Å². The van der Waals surface area contributed by atoms with Crippen molar-refractivity contribution >= 4 is 27.5 Å². The van der Waals surface area contributed by atoms with Crippen LogP contribution < -0.4 is 9.62 Å². The normalized spacial score (nSPS) is 14.9. The van der Waals surface area contributed by atoms with Gasteiger partial charge in [0.1, 0.15) is 18.4 Å². The fourth-order valence-corrected chi connectivity index (χ4v) is 6.20. The largest absolute Gasteiger partial charge is 0.416 e. The van der Waals surface area contributed by atoms with E-state index in [4.69, 9.17) is 0 Å². The summed E-state index contributed by atoms with van der Waals surface area (Å²) in [5, 5.41) is 3.03. The molecule has 0 aromatic heterocycles. The topological polar surface area (TPSA) is 86.8 Å². The number of alkyl halides is 3. The Morgan fingerprint density at radius 3 is 2.23 bits per heavy atom. The van der Waals surface area contributed by atoms with Gasteiger partial charge in [0.15, 0.2) is 0 Å². The number of nitrogens with zero attached hydrogens (tertiary/aromatic N) is 2. The minimum absolute atomic E-state index is 0.0437. The number of nitrogens with one attached hydrogen (secondary N) is 1. The number of carbonyl (C=O) groups is 2. The van der Waals surface area contributed by atoms with Crippen molar-refractivity contribution in [3.63, 3.8) is 0 Å². The van der Waals surface area contributed by atoms with Gasteiger partial charge in [0, 0.05) is 24.6 Å². The number of hydrogen-bond donors (Lipinski definition) is 1. The lowest BCUT2D eigenvalue weighted by molar-refractivity contribution is -0.140. The second-order valence-corrected chi connectivity index (χ2v) is 12.9. The van der Waals surface area contributed by atoms with Gasteiger partial charge in [-0.25, -0.2) is 12.8 Å². The van der Waals surface area contributed by atoms with Gasteiger partial charge in [-0.3, -0.25) is 13.9 Å². The Labute approximate surface area is 254 Å². The van der Waals surface area contributed by atoms with Crippen molar-refractivity contribution in [3.05, 3.63) is 101 Å². The molecule has 44 heavy (non-hydrogen) atoms. The zero-order valence-corrected chi connectivity index (χ0v) is 25.1. The average Bonchev–Trinajstić information content (AvgIpc) is 2.98. The highest BCUT2D eigenvalue weighted by Gasteiger charge is 2.36. The van der Waals surface area contributed by atoms with Crippen LogP contribution in [0.2, 0.25) is 0 Å². The Morgan fingerprint density at radius 1 is 0.932 bits per heavy atom. The molecule has 3 aromatic rings. The fourth-order valence-electron chi connectivity index (χ4n) is 5.36. The number of carbonyl (C=O) groups excluding carboxylic acids is 2. The van der Waals surface area contributed by atoms with Crippen molar-refractivity contribution in [3.8, 4) is 0 Å². The second kappa shape index (κ2) is 14.2.